The summed E-state index contributed by atoms with van der Waals surface area (Å²) in [6, 6.07) is 59.4. The highest BCUT2D eigenvalue weighted by Gasteiger charge is 2.38. The Labute approximate surface area is 770 Å². The average Bonchev–Trinajstić information content (AvgIpc) is 0.770. The van der Waals surface area contributed by atoms with Gasteiger partial charge in [0.05, 0.1) is 85.0 Å². The minimum absolute atomic E-state index is 0. The molecule has 14 rings (SSSR count). The van der Waals surface area contributed by atoms with E-state index in [1.807, 2.05) is 60.7 Å². The van der Waals surface area contributed by atoms with Gasteiger partial charge in [-0.15, -0.1) is 0 Å². The van der Waals surface area contributed by atoms with Crippen molar-refractivity contribution in [3.63, 3.8) is 0 Å². The average molecular weight is 2130 g/mol. The van der Waals surface area contributed by atoms with E-state index in [0.717, 1.165) is 158 Å². The fraction of sp³-hybridized carbons (Fsp3) is 0.224. The van der Waals surface area contributed by atoms with Gasteiger partial charge in [-0.25, -0.2) is 63.3 Å². The number of alkyl halides is 6. The Bertz CT molecular complexity index is 5570. The summed E-state index contributed by atoms with van der Waals surface area (Å²) in [6.45, 7) is 9.25. The van der Waals surface area contributed by atoms with Crippen molar-refractivity contribution in [2.75, 3.05) is 32.6 Å². The molecule has 14 aromatic rings. The summed E-state index contributed by atoms with van der Waals surface area (Å²) in [5, 5.41) is 11.7. The number of nitrogens with two attached hydrogens (primary N) is 1. The molecule has 0 aliphatic rings. The molecular weight excluding hydrogens is 2050 g/mol. The summed E-state index contributed by atoms with van der Waals surface area (Å²) < 4.78 is 147. The van der Waals surface area contributed by atoms with Gasteiger partial charge < -0.3 is 131 Å². The first-order valence-electron chi connectivity index (χ1n) is 36.9. The van der Waals surface area contributed by atoms with Crippen molar-refractivity contribution in [2.24, 2.45) is 0 Å². The largest absolute Gasteiger partial charge is 1.00 e. The maximum atomic E-state index is 10.7. The van der Waals surface area contributed by atoms with E-state index in [-0.39, 0.29) is 102 Å². The van der Waals surface area contributed by atoms with Gasteiger partial charge in [-0.3, -0.25) is 0 Å². The van der Waals surface area contributed by atoms with Crippen LogP contribution in [-0.4, -0.2) is 74.2 Å². The second-order valence-electron chi connectivity index (χ2n) is 27.2. The van der Waals surface area contributed by atoms with E-state index in [9.17, 15) is 26.3 Å². The lowest BCUT2D eigenvalue weighted by molar-refractivity contribution is -0.727. The molecule has 0 radical (unpaired) electrons. The van der Waals surface area contributed by atoms with Crippen molar-refractivity contribution < 1.29 is 205 Å². The lowest BCUT2D eigenvalue weighted by Crippen LogP contribution is -3.00. The number of nitrogens with one attached hydrogen (secondary N) is 1. The van der Waals surface area contributed by atoms with Gasteiger partial charge in [-0.1, -0.05) is 23.2 Å². The highest BCUT2D eigenvalue weighted by atomic mass is 79.9. The van der Waals surface area contributed by atoms with Gasteiger partial charge in [0.25, 0.3) is 0 Å². The number of aromatic nitrogens is 10. The summed E-state index contributed by atoms with van der Waals surface area (Å²) in [5.41, 5.74) is 4.29. The van der Waals surface area contributed by atoms with E-state index in [1.165, 1.54) is 50.2 Å². The number of halogens is 14. The van der Waals surface area contributed by atoms with Crippen LogP contribution < -0.4 is 159 Å². The van der Waals surface area contributed by atoms with Crippen LogP contribution in [0.25, 0.3) is 88.1 Å². The number of quaternary nitrogens is 1. The molecule has 0 amide bonds. The lowest BCUT2D eigenvalue weighted by atomic mass is 10.1. The van der Waals surface area contributed by atoms with Crippen molar-refractivity contribution in [3.8, 4) is 56.0 Å². The highest BCUT2D eigenvalue weighted by Crippen LogP contribution is 2.36. The molecule has 0 unspecified atom stereocenters. The van der Waals surface area contributed by atoms with Crippen LogP contribution in [0.2, 0.25) is 10.0 Å². The lowest BCUT2D eigenvalue weighted by Gasteiger charge is -2.14. The number of rotatable bonds is 28. The molecule has 0 saturated carbocycles. The second-order valence-corrected chi connectivity index (χ2v) is 30.8. The van der Waals surface area contributed by atoms with Gasteiger partial charge in [0.2, 0.25) is 0 Å². The molecule has 121 heavy (non-hydrogen) atoms. The van der Waals surface area contributed by atoms with Crippen LogP contribution >= 0.6 is 23.2 Å². The third kappa shape index (κ3) is 28.3. The standard InChI is InChI=1S/C83H82Cl2N12O2.2CHF3O3S.6BrH/c1-98-72-10-14-78-76(60-72)82(74-12-8-70(84)58-80(74)88-78)86-32-3-34-90-42-16-62(17-43-90)64-20-46-92(47-21-64)36-5-38-94-50-24-66(25-51-94)68-28-54-96(55-29-68)40-7-41-97-56-30-69(31-57-97)67-26-52-95(53-27-67)39-6-37-93-48-22-65(23-49-93)63-18-44-91(45-19-63)35-4-33-87-83-75-13-9-71(85)59-81(75)89-79-15-11-73(99-2)61-77(79)83;2*2-1(3,4)8(5,6)7;;;;;;/h8-31,42-61H,3-7,32-41H2,1-2H3,(H,86,88)(H,87,89);2*(H,5,6,7);6*1H/q+8;;;;;;;;/p-7. The number of hydrogen-bond donors (Lipinski definition) is 2. The molecule has 640 valence electrons. The fourth-order valence-corrected chi connectivity index (χ4v) is 13.5. The minimum Gasteiger partial charge on any atom is -1.00 e. The summed E-state index contributed by atoms with van der Waals surface area (Å²) >= 11 is 12.7. The molecule has 0 aliphatic carbocycles. The Hall–Kier alpha value is -8.36. The number of hydrogen-bond acceptors (Lipinski definition) is 11. The first-order valence-corrected chi connectivity index (χ1v) is 40.5. The van der Waals surface area contributed by atoms with E-state index in [1.54, 1.807) is 14.2 Å². The third-order valence-electron chi connectivity index (χ3n) is 19.3. The zero-order valence-electron chi connectivity index (χ0n) is 64.9. The predicted molar refractivity (Wildman–Crippen MR) is 420 cm³/mol. The molecule has 0 bridgehead atoms. The quantitative estimate of drug-likeness (QED) is 0.0118. The summed E-state index contributed by atoms with van der Waals surface area (Å²) in [7, 11) is -8.79. The molecule has 4 aromatic carbocycles. The van der Waals surface area contributed by atoms with E-state index in [0.29, 0.717) is 10.0 Å². The van der Waals surface area contributed by atoms with Crippen molar-refractivity contribution in [1.82, 2.24) is 9.97 Å². The Morgan fingerprint density at radius 2 is 0.603 bits per heavy atom. The third-order valence-corrected chi connectivity index (χ3v) is 20.9. The Kier molecular flexibility index (Phi) is 39.3. The molecule has 10 heterocycles. The number of nitrogens with zero attached hydrogens (tertiary/aromatic N) is 10. The molecule has 0 atom stereocenters. The van der Waals surface area contributed by atoms with Crippen LogP contribution in [-0.2, 0) is 72.6 Å². The summed E-state index contributed by atoms with van der Waals surface area (Å²) in [5.74, 6) is 1.63. The number of anilines is 1. The molecule has 10 aromatic heterocycles. The monoisotopic (exact) mass is 2120 g/mol. The molecule has 0 aliphatic heterocycles. The van der Waals surface area contributed by atoms with E-state index in [4.69, 9.17) is 68.6 Å². The van der Waals surface area contributed by atoms with Gasteiger partial charge in [-0.2, -0.15) is 26.3 Å². The summed E-state index contributed by atoms with van der Waals surface area (Å²) in [6.07, 6.45) is 40.2. The van der Waals surface area contributed by atoms with Crippen LogP contribution in [0, 0.1) is 0 Å². The van der Waals surface area contributed by atoms with E-state index < -0.39 is 31.3 Å². The first kappa shape index (κ1) is 101. The Morgan fingerprint density at radius 3 is 0.893 bits per heavy atom. The molecule has 0 saturated heterocycles. The number of methoxy groups -OCH3 is 2. The number of ether oxygens (including phenoxy) is 2. The van der Waals surface area contributed by atoms with Crippen molar-refractivity contribution in [2.45, 2.75) is 95.5 Å². The van der Waals surface area contributed by atoms with Crippen molar-refractivity contribution in [1.29, 1.82) is 0 Å². The minimum atomic E-state index is -6.09. The first-order chi connectivity index (χ1) is 55.2. The normalized spacial score (nSPS) is 11.2. The smallest absolute Gasteiger partial charge is 0.485 e. The highest BCUT2D eigenvalue weighted by molar-refractivity contribution is 7.86. The van der Waals surface area contributed by atoms with Gasteiger partial charge in [0, 0.05) is 131 Å². The molecule has 20 nitrogen and oxygen atoms in total. The van der Waals surface area contributed by atoms with Gasteiger partial charge in [0.15, 0.2) is 165 Å². The van der Waals surface area contributed by atoms with Gasteiger partial charge in [-0.05, 0) is 117 Å². The molecular formula is C85H83Br6Cl2F6N12O8S2+. The number of fused-ring (bicyclic) bond motifs is 4. The van der Waals surface area contributed by atoms with Crippen LogP contribution in [0.1, 0.15) is 32.1 Å². The van der Waals surface area contributed by atoms with Gasteiger partial charge >= 0.3 is 11.0 Å². The van der Waals surface area contributed by atoms with Crippen molar-refractivity contribution in [3.05, 3.63) is 279 Å². The molecule has 36 heteroatoms. The SMILES string of the molecule is COc1ccc2nc3cc(Cl)ccc3c(NCCC[n+]3ccc(-c4cc[n+](CCC[n+]5ccc(-c6cc[n+](CCC[n+]7ccc(-c8cc[n+](CCC[n+]9ccc(-c%10cc[n+](CCC[NH2+]c%11c%12ccc(Cl)cc%12nc%12ccc(OC)cc%11%12)cc%10)cc9)cc8)cc7)cc6)cc5)cc4)cc3)c2c1.O=S(=O)([O-])C(F)(F)F.O=S(=O)([O-])C(F)(F)F.[Br-].[Br-].[Br-].[Br-].[Br-].[Br-]. The Balaban J connectivity index is 0.000000939. The Morgan fingerprint density at radius 1 is 0.347 bits per heavy atom. The van der Waals surface area contributed by atoms with Crippen LogP contribution in [0.5, 0.6) is 11.5 Å². The molecule has 0 fully saturated rings. The van der Waals surface area contributed by atoms with Crippen LogP contribution in [0.3, 0.4) is 0 Å². The fourth-order valence-electron chi connectivity index (χ4n) is 13.2. The number of benzene rings is 4. The van der Waals surface area contributed by atoms with E-state index >= 15 is 0 Å². The zero-order valence-corrected chi connectivity index (χ0v) is 77.6. The topological polar surface area (TPSA) is 218 Å². The molecule has 0 spiro atoms. The van der Waals surface area contributed by atoms with Crippen LogP contribution in [0.15, 0.2) is 269 Å². The number of pyridine rings is 10. The van der Waals surface area contributed by atoms with Gasteiger partial charge in [0.1, 0.15) is 23.7 Å². The second kappa shape index (κ2) is 46.9. The maximum Gasteiger partial charge on any atom is 0.485 e. The van der Waals surface area contributed by atoms with E-state index in [2.05, 4.69) is 256 Å². The number of aryl methyl sites for hydroxylation is 8. The summed E-state index contributed by atoms with van der Waals surface area (Å²) in [4.78, 5) is 9.76. The van der Waals surface area contributed by atoms with Crippen LogP contribution in [0.4, 0.5) is 37.7 Å². The molecule has 3 N–H and O–H groups in total. The van der Waals surface area contributed by atoms with Crippen molar-refractivity contribution >= 4 is 98.4 Å². The zero-order chi connectivity index (χ0) is 81.3. The predicted octanol–water partition coefficient (Wildman–Crippen LogP) is -5.43. The maximum absolute atomic E-state index is 10.7.